The van der Waals surface area contributed by atoms with Crippen LogP contribution in [0.1, 0.15) is 18.4 Å². The summed E-state index contributed by atoms with van der Waals surface area (Å²) in [6.45, 7) is 0. The first-order chi connectivity index (χ1) is 8.28. The lowest BCUT2D eigenvalue weighted by Gasteiger charge is -2.16. The van der Waals surface area contributed by atoms with Crippen molar-refractivity contribution < 1.29 is 4.79 Å². The molecule has 3 nitrogen and oxygen atoms in total. The van der Waals surface area contributed by atoms with E-state index < -0.39 is 5.41 Å². The van der Waals surface area contributed by atoms with Crippen molar-refractivity contribution in [3.05, 3.63) is 48.0 Å². The summed E-state index contributed by atoms with van der Waals surface area (Å²) in [5.41, 5.74) is 2.99. The average molecular weight is 226 g/mol. The second kappa shape index (κ2) is 3.57. The molecular weight excluding hydrogens is 212 g/mol. The first-order valence-corrected chi connectivity index (χ1v) is 5.77. The van der Waals surface area contributed by atoms with Gasteiger partial charge in [-0.1, -0.05) is 42.5 Å². The molecule has 0 aliphatic heterocycles. The van der Waals surface area contributed by atoms with Crippen LogP contribution in [0.2, 0.25) is 0 Å². The third kappa shape index (κ3) is 1.43. The van der Waals surface area contributed by atoms with Crippen molar-refractivity contribution in [2.45, 2.75) is 18.3 Å². The zero-order valence-corrected chi connectivity index (χ0v) is 9.44. The highest BCUT2D eigenvalue weighted by Gasteiger charge is 2.51. The lowest BCUT2D eigenvalue weighted by Crippen LogP contribution is -2.39. The molecule has 0 saturated heterocycles. The Labute approximate surface area is 99.6 Å². The fraction of sp³-hybridized carbons (Fsp3) is 0.214. The minimum absolute atomic E-state index is 0.0751. The Balaban J connectivity index is 2.21. The van der Waals surface area contributed by atoms with Gasteiger partial charge in [0.15, 0.2) is 0 Å². The number of carbonyl (C=O) groups is 1. The maximum absolute atomic E-state index is 11.9. The number of hydrazine groups is 1. The molecule has 1 amide bonds. The predicted molar refractivity (Wildman–Crippen MR) is 67.2 cm³/mol. The Bertz CT molecular complexity index is 582. The largest absolute Gasteiger partial charge is 0.293 e. The second-order valence-corrected chi connectivity index (χ2v) is 4.58. The summed E-state index contributed by atoms with van der Waals surface area (Å²) in [5.74, 6) is 5.20. The third-order valence-corrected chi connectivity index (χ3v) is 3.62. The Hall–Kier alpha value is -1.87. The van der Waals surface area contributed by atoms with Crippen LogP contribution in [0.15, 0.2) is 42.5 Å². The summed E-state index contributed by atoms with van der Waals surface area (Å²) in [6.07, 6.45) is 1.76. The molecule has 0 spiro atoms. The van der Waals surface area contributed by atoms with E-state index in [4.69, 9.17) is 5.84 Å². The standard InChI is InChI=1S/C14H14N2O/c15-16-13(17)14(8-9-14)12-7-3-5-10-4-1-2-6-11(10)12/h1-7H,8-9,15H2,(H,16,17). The van der Waals surface area contributed by atoms with Crippen LogP contribution in [0.4, 0.5) is 0 Å². The van der Waals surface area contributed by atoms with Crippen molar-refractivity contribution in [3.8, 4) is 0 Å². The van der Waals surface area contributed by atoms with E-state index in [9.17, 15) is 4.79 Å². The van der Waals surface area contributed by atoms with Gasteiger partial charge in [0.25, 0.3) is 0 Å². The van der Waals surface area contributed by atoms with Gasteiger partial charge in [0.2, 0.25) is 5.91 Å². The molecular formula is C14H14N2O. The molecule has 1 saturated carbocycles. The van der Waals surface area contributed by atoms with Gasteiger partial charge in [0.1, 0.15) is 0 Å². The molecule has 0 unspecified atom stereocenters. The smallest absolute Gasteiger partial charge is 0.244 e. The molecule has 0 radical (unpaired) electrons. The van der Waals surface area contributed by atoms with Gasteiger partial charge in [0, 0.05) is 0 Å². The van der Waals surface area contributed by atoms with Gasteiger partial charge in [-0.3, -0.25) is 10.2 Å². The molecule has 3 heteroatoms. The molecule has 0 heterocycles. The van der Waals surface area contributed by atoms with Gasteiger partial charge in [-0.2, -0.15) is 0 Å². The summed E-state index contributed by atoms with van der Waals surface area (Å²) >= 11 is 0. The van der Waals surface area contributed by atoms with Crippen LogP contribution in [0.25, 0.3) is 10.8 Å². The summed E-state index contributed by atoms with van der Waals surface area (Å²) in [5, 5.41) is 2.32. The van der Waals surface area contributed by atoms with Crippen LogP contribution in [0.3, 0.4) is 0 Å². The number of carbonyl (C=O) groups excluding carboxylic acids is 1. The fourth-order valence-corrected chi connectivity index (χ4v) is 2.52. The van der Waals surface area contributed by atoms with Crippen LogP contribution < -0.4 is 11.3 Å². The van der Waals surface area contributed by atoms with Gasteiger partial charge in [0.05, 0.1) is 5.41 Å². The monoisotopic (exact) mass is 226 g/mol. The van der Waals surface area contributed by atoms with Crippen LogP contribution in [0.5, 0.6) is 0 Å². The van der Waals surface area contributed by atoms with E-state index in [1.54, 1.807) is 0 Å². The van der Waals surface area contributed by atoms with Gasteiger partial charge in [-0.25, -0.2) is 5.84 Å². The SMILES string of the molecule is NNC(=O)C1(c2cccc3ccccc23)CC1. The summed E-state index contributed by atoms with van der Waals surface area (Å²) in [6, 6.07) is 14.2. The van der Waals surface area contributed by atoms with E-state index in [-0.39, 0.29) is 5.91 Å². The predicted octanol–water partition coefficient (Wildman–Crippen LogP) is 1.86. The molecule has 2 aromatic rings. The van der Waals surface area contributed by atoms with E-state index in [0.717, 1.165) is 23.8 Å². The van der Waals surface area contributed by atoms with Gasteiger partial charge < -0.3 is 0 Å². The van der Waals surface area contributed by atoms with E-state index >= 15 is 0 Å². The maximum Gasteiger partial charge on any atom is 0.244 e. The number of rotatable bonds is 2. The average Bonchev–Trinajstić information content (AvgIpc) is 3.18. The quantitative estimate of drug-likeness (QED) is 0.466. The van der Waals surface area contributed by atoms with E-state index in [0.29, 0.717) is 0 Å². The van der Waals surface area contributed by atoms with Crippen LogP contribution >= 0.6 is 0 Å². The van der Waals surface area contributed by atoms with E-state index in [1.165, 1.54) is 5.39 Å². The lowest BCUT2D eigenvalue weighted by atomic mass is 9.90. The number of hydrogen-bond acceptors (Lipinski definition) is 2. The number of nitrogens with one attached hydrogen (secondary N) is 1. The number of nitrogens with two attached hydrogens (primary N) is 1. The molecule has 0 bridgehead atoms. The zero-order valence-electron chi connectivity index (χ0n) is 9.44. The van der Waals surface area contributed by atoms with E-state index in [2.05, 4.69) is 23.6 Å². The minimum Gasteiger partial charge on any atom is -0.293 e. The molecule has 0 atom stereocenters. The molecule has 17 heavy (non-hydrogen) atoms. The molecule has 1 aliphatic rings. The van der Waals surface area contributed by atoms with Crippen LogP contribution in [-0.4, -0.2) is 5.91 Å². The zero-order chi connectivity index (χ0) is 11.9. The molecule has 3 N–H and O–H groups in total. The molecule has 3 rings (SSSR count). The lowest BCUT2D eigenvalue weighted by molar-refractivity contribution is -0.123. The fourth-order valence-electron chi connectivity index (χ4n) is 2.52. The molecule has 2 aromatic carbocycles. The maximum atomic E-state index is 11.9. The highest BCUT2D eigenvalue weighted by molar-refractivity contribution is 5.97. The van der Waals surface area contributed by atoms with Gasteiger partial charge in [-0.15, -0.1) is 0 Å². The van der Waals surface area contributed by atoms with Crippen molar-refractivity contribution in [2.75, 3.05) is 0 Å². The number of benzene rings is 2. The first kappa shape index (κ1) is 10.3. The van der Waals surface area contributed by atoms with Gasteiger partial charge in [-0.05, 0) is 29.2 Å². The Morgan fingerprint density at radius 1 is 1.12 bits per heavy atom. The Morgan fingerprint density at radius 3 is 2.53 bits per heavy atom. The van der Waals surface area contributed by atoms with Crippen molar-refractivity contribution in [2.24, 2.45) is 5.84 Å². The summed E-state index contributed by atoms with van der Waals surface area (Å²) in [4.78, 5) is 11.9. The van der Waals surface area contributed by atoms with Crippen molar-refractivity contribution in [1.29, 1.82) is 0 Å². The molecule has 1 fully saturated rings. The normalized spacial score (nSPS) is 16.8. The van der Waals surface area contributed by atoms with Crippen molar-refractivity contribution in [1.82, 2.24) is 5.43 Å². The summed E-state index contributed by atoms with van der Waals surface area (Å²) in [7, 11) is 0. The molecule has 1 aliphatic carbocycles. The number of hydrogen-bond donors (Lipinski definition) is 2. The highest BCUT2D eigenvalue weighted by Crippen LogP contribution is 2.50. The third-order valence-electron chi connectivity index (χ3n) is 3.62. The Morgan fingerprint density at radius 2 is 1.82 bits per heavy atom. The van der Waals surface area contributed by atoms with E-state index in [1.807, 2.05) is 24.3 Å². The second-order valence-electron chi connectivity index (χ2n) is 4.58. The topological polar surface area (TPSA) is 55.1 Å². The first-order valence-electron chi connectivity index (χ1n) is 5.77. The summed E-state index contributed by atoms with van der Waals surface area (Å²) < 4.78 is 0. The van der Waals surface area contributed by atoms with Crippen LogP contribution in [-0.2, 0) is 10.2 Å². The van der Waals surface area contributed by atoms with Crippen LogP contribution in [0, 0.1) is 0 Å². The molecule has 86 valence electrons. The highest BCUT2D eigenvalue weighted by atomic mass is 16.2. The number of amides is 1. The Kier molecular flexibility index (Phi) is 2.16. The van der Waals surface area contributed by atoms with Gasteiger partial charge >= 0.3 is 0 Å². The van der Waals surface area contributed by atoms with Crippen molar-refractivity contribution >= 4 is 16.7 Å². The van der Waals surface area contributed by atoms with Crippen molar-refractivity contribution in [3.63, 3.8) is 0 Å². The minimum atomic E-state index is -0.393. The molecule has 0 aromatic heterocycles. The number of fused-ring (bicyclic) bond motifs is 1.